The van der Waals surface area contributed by atoms with E-state index in [1.807, 2.05) is 18.2 Å². The second kappa shape index (κ2) is 5.60. The molecule has 0 saturated heterocycles. The summed E-state index contributed by atoms with van der Waals surface area (Å²) in [6, 6.07) is 11.6. The summed E-state index contributed by atoms with van der Waals surface area (Å²) in [4.78, 5) is 4.55. The third kappa shape index (κ3) is 2.60. The van der Waals surface area contributed by atoms with Crippen LogP contribution in [0.25, 0.3) is 22.2 Å². The van der Waals surface area contributed by atoms with Gasteiger partial charge in [0.2, 0.25) is 0 Å². The molecule has 2 aromatic carbocycles. The van der Waals surface area contributed by atoms with E-state index < -0.39 is 0 Å². The summed E-state index contributed by atoms with van der Waals surface area (Å²) in [5.74, 6) is -0.376. The number of nitrogens with two attached hydrogens (primary N) is 1. The number of rotatable bonds is 2. The summed E-state index contributed by atoms with van der Waals surface area (Å²) in [7, 11) is 0. The van der Waals surface area contributed by atoms with Crippen LogP contribution in [-0.2, 0) is 6.54 Å². The lowest BCUT2D eigenvalue weighted by Crippen LogP contribution is -2.02. The SMILES string of the molecule is NCc1cc2cccc(Cl)c2nc1-c1cc(F)ccc1Cl. The van der Waals surface area contributed by atoms with E-state index in [0.717, 1.165) is 10.9 Å². The van der Waals surface area contributed by atoms with Crippen LogP contribution >= 0.6 is 23.2 Å². The van der Waals surface area contributed by atoms with Crippen molar-refractivity contribution < 1.29 is 4.39 Å². The first-order valence-corrected chi connectivity index (χ1v) is 7.09. The van der Waals surface area contributed by atoms with Gasteiger partial charge < -0.3 is 5.73 Å². The Balaban J connectivity index is 2.35. The fourth-order valence-electron chi connectivity index (χ4n) is 2.27. The predicted molar refractivity (Wildman–Crippen MR) is 85.0 cm³/mol. The molecule has 0 aliphatic rings. The highest BCUT2D eigenvalue weighted by molar-refractivity contribution is 6.35. The maximum Gasteiger partial charge on any atom is 0.123 e. The second-order valence-corrected chi connectivity index (χ2v) is 5.45. The molecule has 0 radical (unpaired) electrons. The molecule has 0 aliphatic carbocycles. The van der Waals surface area contributed by atoms with Crippen LogP contribution in [0.5, 0.6) is 0 Å². The van der Waals surface area contributed by atoms with Crippen molar-refractivity contribution >= 4 is 34.1 Å². The summed E-state index contributed by atoms with van der Waals surface area (Å²) in [6.45, 7) is 0.275. The normalized spacial score (nSPS) is 11.0. The summed E-state index contributed by atoms with van der Waals surface area (Å²) in [5, 5.41) is 1.84. The summed E-state index contributed by atoms with van der Waals surface area (Å²) in [6.07, 6.45) is 0. The minimum atomic E-state index is -0.376. The Kier molecular flexibility index (Phi) is 3.81. The van der Waals surface area contributed by atoms with Gasteiger partial charge in [-0.15, -0.1) is 0 Å². The molecule has 0 atom stereocenters. The third-order valence-electron chi connectivity index (χ3n) is 3.28. The average Bonchev–Trinajstić information content (AvgIpc) is 2.49. The molecule has 0 amide bonds. The fourth-order valence-corrected chi connectivity index (χ4v) is 2.71. The van der Waals surface area contributed by atoms with Gasteiger partial charge in [-0.05, 0) is 35.9 Å². The van der Waals surface area contributed by atoms with Crippen LogP contribution in [0.4, 0.5) is 4.39 Å². The molecule has 0 aliphatic heterocycles. The highest BCUT2D eigenvalue weighted by atomic mass is 35.5. The highest BCUT2D eigenvalue weighted by Crippen LogP contribution is 2.33. The average molecular weight is 321 g/mol. The largest absolute Gasteiger partial charge is 0.326 e. The fraction of sp³-hybridized carbons (Fsp3) is 0.0625. The Morgan fingerprint density at radius 3 is 2.62 bits per heavy atom. The van der Waals surface area contributed by atoms with Crippen molar-refractivity contribution in [3.63, 3.8) is 0 Å². The molecule has 0 saturated carbocycles. The number of aromatic nitrogens is 1. The predicted octanol–water partition coefficient (Wildman–Crippen LogP) is 4.81. The molecule has 106 valence electrons. The number of hydrogen-bond acceptors (Lipinski definition) is 2. The Hall–Kier alpha value is -1.68. The van der Waals surface area contributed by atoms with Crippen LogP contribution in [-0.4, -0.2) is 4.98 Å². The van der Waals surface area contributed by atoms with E-state index in [-0.39, 0.29) is 12.4 Å². The van der Waals surface area contributed by atoms with E-state index in [1.165, 1.54) is 18.2 Å². The van der Waals surface area contributed by atoms with Crippen LogP contribution < -0.4 is 5.73 Å². The standard InChI is InChI=1S/C16H11Cl2FN2/c17-13-5-4-11(19)7-12(13)15-10(8-20)6-9-2-1-3-14(18)16(9)21-15/h1-7H,8,20H2. The molecule has 1 aromatic heterocycles. The quantitative estimate of drug-likeness (QED) is 0.736. The number of hydrogen-bond donors (Lipinski definition) is 1. The van der Waals surface area contributed by atoms with Crippen molar-refractivity contribution in [2.24, 2.45) is 5.73 Å². The highest BCUT2D eigenvalue weighted by Gasteiger charge is 2.13. The summed E-state index contributed by atoms with van der Waals surface area (Å²) < 4.78 is 13.5. The van der Waals surface area contributed by atoms with Crippen LogP contribution in [0.2, 0.25) is 10.0 Å². The number of para-hydroxylation sites is 1. The molecule has 0 spiro atoms. The zero-order chi connectivity index (χ0) is 15.0. The Labute approximate surface area is 131 Å². The van der Waals surface area contributed by atoms with Crippen LogP contribution in [0, 0.1) is 5.82 Å². The van der Waals surface area contributed by atoms with Gasteiger partial charge in [-0.1, -0.05) is 35.3 Å². The molecular weight excluding hydrogens is 310 g/mol. The zero-order valence-electron chi connectivity index (χ0n) is 10.9. The number of benzene rings is 2. The minimum absolute atomic E-state index is 0.275. The van der Waals surface area contributed by atoms with E-state index in [0.29, 0.717) is 26.8 Å². The molecule has 0 fully saturated rings. The van der Waals surface area contributed by atoms with Gasteiger partial charge >= 0.3 is 0 Å². The molecule has 2 nitrogen and oxygen atoms in total. The molecule has 21 heavy (non-hydrogen) atoms. The lowest BCUT2D eigenvalue weighted by molar-refractivity contribution is 0.628. The Morgan fingerprint density at radius 2 is 1.86 bits per heavy atom. The molecule has 1 heterocycles. The first-order valence-electron chi connectivity index (χ1n) is 6.34. The number of pyridine rings is 1. The summed E-state index contributed by atoms with van der Waals surface area (Å²) in [5.41, 5.74) is 8.30. The van der Waals surface area contributed by atoms with Crippen molar-refractivity contribution in [2.75, 3.05) is 0 Å². The second-order valence-electron chi connectivity index (χ2n) is 4.64. The molecule has 2 N–H and O–H groups in total. The van der Waals surface area contributed by atoms with Crippen LogP contribution in [0.15, 0.2) is 42.5 Å². The van der Waals surface area contributed by atoms with Crippen molar-refractivity contribution in [1.82, 2.24) is 4.98 Å². The Bertz CT molecular complexity index is 834. The zero-order valence-corrected chi connectivity index (χ0v) is 12.4. The Morgan fingerprint density at radius 1 is 1.05 bits per heavy atom. The van der Waals surface area contributed by atoms with Crippen molar-refractivity contribution in [3.8, 4) is 11.3 Å². The maximum absolute atomic E-state index is 13.5. The van der Waals surface area contributed by atoms with Crippen LogP contribution in [0.1, 0.15) is 5.56 Å². The van der Waals surface area contributed by atoms with Gasteiger partial charge in [0.05, 0.1) is 21.3 Å². The smallest absolute Gasteiger partial charge is 0.123 e. The van der Waals surface area contributed by atoms with Crippen molar-refractivity contribution in [2.45, 2.75) is 6.54 Å². The molecule has 3 rings (SSSR count). The first-order chi connectivity index (χ1) is 10.1. The number of fused-ring (bicyclic) bond motifs is 1. The van der Waals surface area contributed by atoms with Crippen molar-refractivity contribution in [3.05, 3.63) is 63.9 Å². The maximum atomic E-state index is 13.5. The van der Waals surface area contributed by atoms with E-state index in [2.05, 4.69) is 4.98 Å². The van der Waals surface area contributed by atoms with Gasteiger partial charge in [0.1, 0.15) is 5.82 Å². The van der Waals surface area contributed by atoms with E-state index >= 15 is 0 Å². The molecular formula is C16H11Cl2FN2. The van der Waals surface area contributed by atoms with Gasteiger partial charge in [-0.25, -0.2) is 9.37 Å². The summed E-state index contributed by atoms with van der Waals surface area (Å²) >= 11 is 12.4. The van der Waals surface area contributed by atoms with E-state index in [9.17, 15) is 4.39 Å². The molecule has 5 heteroatoms. The lowest BCUT2D eigenvalue weighted by Gasteiger charge is -2.11. The minimum Gasteiger partial charge on any atom is -0.326 e. The van der Waals surface area contributed by atoms with Crippen molar-refractivity contribution in [1.29, 1.82) is 0 Å². The van der Waals surface area contributed by atoms with Crippen LogP contribution in [0.3, 0.4) is 0 Å². The third-order valence-corrected chi connectivity index (χ3v) is 3.91. The number of nitrogens with zero attached hydrogens (tertiary/aromatic N) is 1. The van der Waals surface area contributed by atoms with Gasteiger partial charge in [-0.2, -0.15) is 0 Å². The molecule has 0 bridgehead atoms. The van der Waals surface area contributed by atoms with E-state index in [4.69, 9.17) is 28.9 Å². The first kappa shape index (κ1) is 14.3. The van der Waals surface area contributed by atoms with Gasteiger partial charge in [-0.3, -0.25) is 0 Å². The molecule has 0 unspecified atom stereocenters. The molecule has 3 aromatic rings. The van der Waals surface area contributed by atoms with Gasteiger partial charge in [0, 0.05) is 17.5 Å². The monoisotopic (exact) mass is 320 g/mol. The topological polar surface area (TPSA) is 38.9 Å². The number of halogens is 3. The van der Waals surface area contributed by atoms with Gasteiger partial charge in [0.15, 0.2) is 0 Å². The lowest BCUT2D eigenvalue weighted by atomic mass is 10.0. The van der Waals surface area contributed by atoms with E-state index in [1.54, 1.807) is 6.07 Å². The van der Waals surface area contributed by atoms with Gasteiger partial charge in [0.25, 0.3) is 0 Å².